The zero-order valence-corrected chi connectivity index (χ0v) is 21.7. The summed E-state index contributed by atoms with van der Waals surface area (Å²) in [6.45, 7) is 3.51. The number of aliphatic hydroxyl groups is 2. The van der Waals surface area contributed by atoms with Gasteiger partial charge in [0, 0.05) is 30.3 Å². The molecular weight excluding hydrogens is 490 g/mol. The molecule has 0 aliphatic carbocycles. The van der Waals surface area contributed by atoms with Gasteiger partial charge in [-0.05, 0) is 49.6 Å². The van der Waals surface area contributed by atoms with Crippen LogP contribution in [0.4, 0.5) is 10.5 Å². The first-order chi connectivity index (χ1) is 18.5. The lowest BCUT2D eigenvalue weighted by Gasteiger charge is -2.38. The van der Waals surface area contributed by atoms with Crippen molar-refractivity contribution in [2.45, 2.75) is 57.3 Å². The van der Waals surface area contributed by atoms with E-state index in [1.807, 2.05) is 36.4 Å². The molecule has 2 aliphatic heterocycles. The number of aliphatic hydroxyl groups excluding tert-OH is 2. The number of nitrogens with zero attached hydrogens (tertiary/aromatic N) is 1. The van der Waals surface area contributed by atoms with Gasteiger partial charge in [-0.3, -0.25) is 9.69 Å². The maximum absolute atomic E-state index is 12.1. The lowest BCUT2D eigenvalue weighted by Crippen LogP contribution is -2.42. The molecule has 0 spiro atoms. The van der Waals surface area contributed by atoms with Gasteiger partial charge in [0.2, 0.25) is 0 Å². The molecular formula is C28H37N3O7. The van der Waals surface area contributed by atoms with E-state index in [0.29, 0.717) is 18.7 Å². The third-order valence-electron chi connectivity index (χ3n) is 6.90. The van der Waals surface area contributed by atoms with Crippen LogP contribution in [0.5, 0.6) is 0 Å². The molecule has 0 bridgehead atoms. The van der Waals surface area contributed by atoms with Crippen molar-refractivity contribution in [3.05, 3.63) is 65.2 Å². The van der Waals surface area contributed by atoms with Crippen LogP contribution in [0.2, 0.25) is 0 Å². The normalized spacial score (nSPS) is 23.7. The van der Waals surface area contributed by atoms with Gasteiger partial charge in [0.15, 0.2) is 6.29 Å². The van der Waals surface area contributed by atoms with Gasteiger partial charge in [-0.25, -0.2) is 4.79 Å². The summed E-state index contributed by atoms with van der Waals surface area (Å²) >= 11 is 0. The second-order valence-corrected chi connectivity index (χ2v) is 9.56. The molecule has 0 saturated carbocycles. The summed E-state index contributed by atoms with van der Waals surface area (Å²) in [5.74, 6) is -0.501. The first-order valence-electron chi connectivity index (χ1n) is 13.1. The number of amides is 2. The maximum atomic E-state index is 12.1. The Hall–Kier alpha value is -3.02. The Labute approximate surface area is 222 Å². The summed E-state index contributed by atoms with van der Waals surface area (Å²) < 4.78 is 17.6. The number of anilines is 1. The van der Waals surface area contributed by atoms with Crippen molar-refractivity contribution in [1.29, 1.82) is 0 Å². The maximum Gasteiger partial charge on any atom is 0.325 e. The number of carbonyl (C=O) groups is 2. The summed E-state index contributed by atoms with van der Waals surface area (Å²) in [4.78, 5) is 25.8. The second-order valence-electron chi connectivity index (χ2n) is 9.56. The highest BCUT2D eigenvalue weighted by Crippen LogP contribution is 2.39. The van der Waals surface area contributed by atoms with Crippen LogP contribution in [0.3, 0.4) is 0 Å². The van der Waals surface area contributed by atoms with Gasteiger partial charge in [-0.2, -0.15) is 0 Å². The molecule has 206 valence electrons. The van der Waals surface area contributed by atoms with Gasteiger partial charge in [-0.15, -0.1) is 0 Å². The Morgan fingerprint density at radius 3 is 2.47 bits per heavy atom. The lowest BCUT2D eigenvalue weighted by atomic mass is 9.99. The predicted octanol–water partition coefficient (Wildman–Crippen LogP) is 2.87. The van der Waals surface area contributed by atoms with E-state index in [0.717, 1.165) is 36.1 Å². The van der Waals surface area contributed by atoms with E-state index >= 15 is 0 Å². The average molecular weight is 528 g/mol. The molecule has 4 unspecified atom stereocenters. The van der Waals surface area contributed by atoms with Crippen molar-refractivity contribution in [2.24, 2.45) is 0 Å². The van der Waals surface area contributed by atoms with Gasteiger partial charge in [-0.1, -0.05) is 36.4 Å². The number of hydrogen-bond acceptors (Lipinski definition) is 8. The molecule has 4 N–H and O–H groups in total. The van der Waals surface area contributed by atoms with Crippen molar-refractivity contribution in [3.8, 4) is 0 Å². The zero-order valence-electron chi connectivity index (χ0n) is 21.7. The summed E-state index contributed by atoms with van der Waals surface area (Å²) in [6.07, 6.45) is 1.80. The van der Waals surface area contributed by atoms with E-state index in [1.165, 1.54) is 0 Å². The Balaban J connectivity index is 1.43. The molecule has 10 nitrogen and oxygen atoms in total. The molecule has 2 saturated heterocycles. The SMILES string of the molecule is CCOC(=O)CNC(=O)Nc1ccc(C2OC(CN3CCCC3CO)CC(c3ccc(CO)cc3)O2)cc1. The summed E-state index contributed by atoms with van der Waals surface area (Å²) in [5.41, 5.74) is 3.22. The van der Waals surface area contributed by atoms with E-state index in [-0.39, 0.29) is 44.6 Å². The van der Waals surface area contributed by atoms with Crippen LogP contribution in [-0.2, 0) is 25.6 Å². The minimum atomic E-state index is -0.613. The molecule has 38 heavy (non-hydrogen) atoms. The minimum absolute atomic E-state index is 0.0150. The van der Waals surface area contributed by atoms with E-state index in [9.17, 15) is 19.8 Å². The molecule has 2 aromatic carbocycles. The van der Waals surface area contributed by atoms with Gasteiger partial charge in [0.1, 0.15) is 6.54 Å². The fourth-order valence-corrected chi connectivity index (χ4v) is 4.90. The van der Waals surface area contributed by atoms with Gasteiger partial charge < -0.3 is 35.1 Å². The second kappa shape index (κ2) is 13.7. The lowest BCUT2D eigenvalue weighted by molar-refractivity contribution is -0.253. The first kappa shape index (κ1) is 28.0. The molecule has 4 atom stereocenters. The molecule has 2 aromatic rings. The number of benzene rings is 2. The summed E-state index contributed by atoms with van der Waals surface area (Å²) in [6, 6.07) is 14.6. The standard InChI is InChI=1S/C28H37N3O7/c1-2-36-26(34)15-29-28(35)30-22-11-9-21(10-12-22)27-37-24(16-31-13-3-4-23(31)18-33)14-25(38-27)20-7-5-19(17-32)6-8-20/h5-12,23-25,27,32-33H,2-4,13-18H2,1H3,(H2,29,30,35). The average Bonchev–Trinajstić information content (AvgIpc) is 3.39. The number of ether oxygens (including phenoxy) is 3. The fourth-order valence-electron chi connectivity index (χ4n) is 4.90. The van der Waals surface area contributed by atoms with Crippen molar-refractivity contribution in [2.75, 3.05) is 38.2 Å². The number of urea groups is 1. The predicted molar refractivity (Wildman–Crippen MR) is 140 cm³/mol. The molecule has 4 rings (SSSR count). The minimum Gasteiger partial charge on any atom is -0.465 e. The molecule has 2 amide bonds. The number of rotatable bonds is 10. The number of carbonyl (C=O) groups excluding carboxylic acids is 2. The number of likely N-dealkylation sites (tertiary alicyclic amines) is 1. The Kier molecular flexibility index (Phi) is 10.1. The van der Waals surface area contributed by atoms with E-state index in [4.69, 9.17) is 14.2 Å². The molecule has 2 heterocycles. The van der Waals surface area contributed by atoms with Crippen LogP contribution < -0.4 is 10.6 Å². The van der Waals surface area contributed by atoms with Crippen LogP contribution in [0.15, 0.2) is 48.5 Å². The highest BCUT2D eigenvalue weighted by atomic mass is 16.7. The topological polar surface area (TPSA) is 130 Å². The monoisotopic (exact) mass is 527 g/mol. The van der Waals surface area contributed by atoms with E-state index < -0.39 is 18.3 Å². The molecule has 2 fully saturated rings. The first-order valence-corrected chi connectivity index (χ1v) is 13.1. The van der Waals surface area contributed by atoms with Crippen LogP contribution in [0, 0.1) is 0 Å². The zero-order chi connectivity index (χ0) is 26.9. The van der Waals surface area contributed by atoms with Crippen LogP contribution >= 0.6 is 0 Å². The van der Waals surface area contributed by atoms with Gasteiger partial charge >= 0.3 is 12.0 Å². The van der Waals surface area contributed by atoms with Crippen molar-refractivity contribution in [3.63, 3.8) is 0 Å². The molecule has 2 aliphatic rings. The van der Waals surface area contributed by atoms with Gasteiger partial charge in [0.25, 0.3) is 0 Å². The van der Waals surface area contributed by atoms with Crippen molar-refractivity contribution in [1.82, 2.24) is 10.2 Å². The summed E-state index contributed by atoms with van der Waals surface area (Å²) in [5, 5.41) is 24.3. The van der Waals surface area contributed by atoms with Crippen LogP contribution in [0.1, 0.15) is 55.3 Å². The van der Waals surface area contributed by atoms with Crippen molar-refractivity contribution < 1.29 is 34.0 Å². The molecule has 10 heteroatoms. The van der Waals surface area contributed by atoms with Crippen LogP contribution in [0.25, 0.3) is 0 Å². The quantitative estimate of drug-likeness (QED) is 0.347. The Bertz CT molecular complexity index is 1050. The largest absolute Gasteiger partial charge is 0.465 e. The third-order valence-corrected chi connectivity index (χ3v) is 6.90. The fraction of sp³-hybridized carbons (Fsp3) is 0.500. The third kappa shape index (κ3) is 7.52. The number of hydrogen-bond donors (Lipinski definition) is 4. The molecule has 0 radical (unpaired) electrons. The molecule has 0 aromatic heterocycles. The Morgan fingerprint density at radius 1 is 1.05 bits per heavy atom. The van der Waals surface area contributed by atoms with E-state index in [1.54, 1.807) is 19.1 Å². The smallest absolute Gasteiger partial charge is 0.325 e. The van der Waals surface area contributed by atoms with Gasteiger partial charge in [0.05, 0.1) is 32.0 Å². The van der Waals surface area contributed by atoms with Crippen LogP contribution in [-0.4, -0.2) is 72.1 Å². The number of esters is 1. The summed E-state index contributed by atoms with van der Waals surface area (Å²) in [7, 11) is 0. The highest BCUT2D eigenvalue weighted by molar-refractivity contribution is 5.91. The van der Waals surface area contributed by atoms with E-state index in [2.05, 4.69) is 15.5 Å². The highest BCUT2D eigenvalue weighted by Gasteiger charge is 2.35. The number of nitrogens with one attached hydrogen (secondary N) is 2. The Morgan fingerprint density at radius 2 is 1.79 bits per heavy atom. The van der Waals surface area contributed by atoms with Crippen molar-refractivity contribution >= 4 is 17.7 Å².